The highest BCUT2D eigenvalue weighted by molar-refractivity contribution is 5.89. The number of esters is 1. The molecule has 1 aromatic rings. The number of carbonyl (C=O) groups excluding carboxylic acids is 1. The third-order valence-corrected chi connectivity index (χ3v) is 3.42. The van der Waals surface area contributed by atoms with Gasteiger partial charge in [-0.2, -0.15) is 0 Å². The average molecular weight is 279 g/mol. The summed E-state index contributed by atoms with van der Waals surface area (Å²) < 4.78 is 5.52. The van der Waals surface area contributed by atoms with Crippen LogP contribution in [-0.4, -0.2) is 17.0 Å². The molecule has 0 aromatic heterocycles. The van der Waals surface area contributed by atoms with Gasteiger partial charge in [-0.05, 0) is 24.5 Å². The maximum Gasteiger partial charge on any atom is 0.338 e. The van der Waals surface area contributed by atoms with E-state index >= 15 is 0 Å². The molecule has 0 aliphatic carbocycles. The second-order valence-electron chi connectivity index (χ2n) is 4.92. The molecular weight excluding hydrogens is 258 g/mol. The van der Waals surface area contributed by atoms with E-state index in [4.69, 9.17) is 4.74 Å². The first-order valence-electron chi connectivity index (χ1n) is 6.95. The largest absolute Gasteiger partial charge is 0.459 e. The number of nitro groups is 1. The number of ether oxygens (including phenoxy) is 1. The summed E-state index contributed by atoms with van der Waals surface area (Å²) in [6.45, 7) is 6.17. The smallest absolute Gasteiger partial charge is 0.338 e. The Morgan fingerprint density at radius 1 is 1.30 bits per heavy atom. The maximum atomic E-state index is 12.0. The molecule has 1 unspecified atom stereocenters. The zero-order chi connectivity index (χ0) is 15.1. The minimum absolute atomic E-state index is 0.0337. The molecule has 0 fully saturated rings. The summed E-state index contributed by atoms with van der Waals surface area (Å²) in [6.07, 6.45) is 2.61. The molecule has 1 rings (SSSR count). The minimum atomic E-state index is -0.492. The van der Waals surface area contributed by atoms with Crippen LogP contribution in [0.2, 0.25) is 0 Å². The summed E-state index contributed by atoms with van der Waals surface area (Å²) in [7, 11) is 0. The number of nitrogens with zero attached hydrogens (tertiary/aromatic N) is 1. The third-order valence-electron chi connectivity index (χ3n) is 3.42. The molecule has 0 radical (unpaired) electrons. The Morgan fingerprint density at radius 3 is 2.35 bits per heavy atom. The molecule has 0 heterocycles. The van der Waals surface area contributed by atoms with Gasteiger partial charge in [0.05, 0.1) is 10.5 Å². The second kappa shape index (κ2) is 7.62. The van der Waals surface area contributed by atoms with Crippen molar-refractivity contribution >= 4 is 11.7 Å². The third kappa shape index (κ3) is 4.33. The molecule has 5 nitrogen and oxygen atoms in total. The van der Waals surface area contributed by atoms with Crippen molar-refractivity contribution in [1.29, 1.82) is 0 Å². The average Bonchev–Trinajstić information content (AvgIpc) is 2.45. The quantitative estimate of drug-likeness (QED) is 0.430. The van der Waals surface area contributed by atoms with Crippen LogP contribution < -0.4 is 0 Å². The molecule has 0 saturated carbocycles. The monoisotopic (exact) mass is 279 g/mol. The van der Waals surface area contributed by atoms with Crippen LogP contribution in [0.25, 0.3) is 0 Å². The van der Waals surface area contributed by atoms with Gasteiger partial charge in [0, 0.05) is 12.1 Å². The van der Waals surface area contributed by atoms with Gasteiger partial charge in [-0.3, -0.25) is 10.1 Å². The summed E-state index contributed by atoms with van der Waals surface area (Å²) >= 11 is 0. The highest BCUT2D eigenvalue weighted by Crippen LogP contribution is 2.19. The zero-order valence-corrected chi connectivity index (χ0v) is 12.2. The summed E-state index contributed by atoms with van der Waals surface area (Å²) in [5.74, 6) is -0.115. The number of benzene rings is 1. The van der Waals surface area contributed by atoms with Crippen molar-refractivity contribution in [3.05, 3.63) is 39.9 Å². The van der Waals surface area contributed by atoms with E-state index in [1.807, 2.05) is 0 Å². The summed E-state index contributed by atoms with van der Waals surface area (Å²) in [4.78, 5) is 22.1. The molecule has 0 aliphatic heterocycles. The topological polar surface area (TPSA) is 69.4 Å². The van der Waals surface area contributed by atoms with E-state index in [0.717, 1.165) is 19.3 Å². The van der Waals surface area contributed by atoms with Crippen molar-refractivity contribution in [1.82, 2.24) is 0 Å². The van der Waals surface area contributed by atoms with Crippen LogP contribution in [-0.2, 0) is 4.74 Å². The highest BCUT2D eigenvalue weighted by Gasteiger charge is 2.20. The first-order valence-corrected chi connectivity index (χ1v) is 6.95. The molecule has 0 spiro atoms. The van der Waals surface area contributed by atoms with Crippen molar-refractivity contribution in [2.75, 3.05) is 0 Å². The van der Waals surface area contributed by atoms with Crippen LogP contribution in [0.1, 0.15) is 50.4 Å². The van der Waals surface area contributed by atoms with Crippen LogP contribution in [0.4, 0.5) is 5.69 Å². The zero-order valence-electron chi connectivity index (χ0n) is 12.2. The number of non-ortho nitro benzene ring substituents is 1. The lowest BCUT2D eigenvalue weighted by molar-refractivity contribution is -0.384. The molecule has 0 saturated heterocycles. The van der Waals surface area contributed by atoms with Crippen molar-refractivity contribution in [3.63, 3.8) is 0 Å². The standard InChI is InChI=1S/C15H21NO4/c1-4-6-14(11(3)5-2)20-15(17)12-7-9-13(10-8-12)16(18)19/h7-11,14H,4-6H2,1-3H3/t11-,14?/m0/s1. The fourth-order valence-electron chi connectivity index (χ4n) is 1.93. The molecule has 1 aromatic carbocycles. The molecule has 0 bridgehead atoms. The van der Waals surface area contributed by atoms with Gasteiger partial charge in [0.25, 0.3) is 5.69 Å². The lowest BCUT2D eigenvalue weighted by Crippen LogP contribution is -2.25. The molecule has 20 heavy (non-hydrogen) atoms. The SMILES string of the molecule is CCCC(OC(=O)c1ccc([N+](=O)[O-])cc1)[C@@H](C)CC. The molecule has 0 aliphatic rings. The Kier molecular flexibility index (Phi) is 6.15. The Morgan fingerprint density at radius 2 is 1.90 bits per heavy atom. The van der Waals surface area contributed by atoms with Crippen molar-refractivity contribution in [3.8, 4) is 0 Å². The Balaban J connectivity index is 2.75. The van der Waals surface area contributed by atoms with E-state index in [9.17, 15) is 14.9 Å². The fraction of sp³-hybridized carbons (Fsp3) is 0.533. The first-order chi connectivity index (χ1) is 9.49. The van der Waals surface area contributed by atoms with Crippen LogP contribution in [0, 0.1) is 16.0 Å². The van der Waals surface area contributed by atoms with E-state index in [1.165, 1.54) is 24.3 Å². The Labute approximate surface area is 119 Å². The van der Waals surface area contributed by atoms with Gasteiger partial charge in [0.1, 0.15) is 6.10 Å². The number of hydrogen-bond acceptors (Lipinski definition) is 4. The summed E-state index contributed by atoms with van der Waals surface area (Å²) in [5.41, 5.74) is 0.314. The summed E-state index contributed by atoms with van der Waals surface area (Å²) in [6, 6.07) is 5.49. The van der Waals surface area contributed by atoms with E-state index in [0.29, 0.717) is 11.5 Å². The predicted molar refractivity (Wildman–Crippen MR) is 76.7 cm³/mol. The van der Waals surface area contributed by atoms with Gasteiger partial charge >= 0.3 is 5.97 Å². The van der Waals surface area contributed by atoms with Gasteiger partial charge in [0.2, 0.25) is 0 Å². The molecular formula is C15H21NO4. The van der Waals surface area contributed by atoms with Gasteiger partial charge < -0.3 is 4.74 Å². The number of nitro benzene ring substituents is 1. The van der Waals surface area contributed by atoms with E-state index in [2.05, 4.69) is 20.8 Å². The van der Waals surface area contributed by atoms with E-state index < -0.39 is 10.9 Å². The van der Waals surface area contributed by atoms with Gasteiger partial charge in [-0.1, -0.05) is 33.6 Å². The Hall–Kier alpha value is -1.91. The second-order valence-corrected chi connectivity index (χ2v) is 4.92. The van der Waals surface area contributed by atoms with E-state index in [1.54, 1.807) is 0 Å². The van der Waals surface area contributed by atoms with Gasteiger partial charge in [-0.15, -0.1) is 0 Å². The number of hydrogen-bond donors (Lipinski definition) is 0. The van der Waals surface area contributed by atoms with Crippen molar-refractivity contribution in [2.45, 2.75) is 46.1 Å². The number of rotatable bonds is 7. The summed E-state index contributed by atoms with van der Waals surface area (Å²) in [5, 5.41) is 10.6. The van der Waals surface area contributed by atoms with Gasteiger partial charge in [-0.25, -0.2) is 4.79 Å². The fourth-order valence-corrected chi connectivity index (χ4v) is 1.93. The Bertz CT molecular complexity index is 455. The first kappa shape index (κ1) is 16.1. The predicted octanol–water partition coefficient (Wildman–Crippen LogP) is 3.97. The van der Waals surface area contributed by atoms with Crippen LogP contribution >= 0.6 is 0 Å². The molecule has 0 N–H and O–H groups in total. The molecule has 2 atom stereocenters. The van der Waals surface area contributed by atoms with Crippen LogP contribution in [0.15, 0.2) is 24.3 Å². The van der Waals surface area contributed by atoms with E-state index in [-0.39, 0.29) is 11.8 Å². The maximum absolute atomic E-state index is 12.0. The number of carbonyl (C=O) groups is 1. The van der Waals surface area contributed by atoms with Gasteiger partial charge in [0.15, 0.2) is 0 Å². The minimum Gasteiger partial charge on any atom is -0.459 e. The molecule has 5 heteroatoms. The normalized spacial score (nSPS) is 13.6. The highest BCUT2D eigenvalue weighted by atomic mass is 16.6. The van der Waals surface area contributed by atoms with Crippen molar-refractivity contribution < 1.29 is 14.5 Å². The van der Waals surface area contributed by atoms with Crippen LogP contribution in [0.5, 0.6) is 0 Å². The lowest BCUT2D eigenvalue weighted by Gasteiger charge is -2.22. The van der Waals surface area contributed by atoms with Crippen molar-refractivity contribution in [2.24, 2.45) is 5.92 Å². The molecule has 110 valence electrons. The lowest BCUT2D eigenvalue weighted by atomic mass is 9.98. The van der Waals surface area contributed by atoms with Crippen LogP contribution in [0.3, 0.4) is 0 Å². The molecule has 0 amide bonds.